The molecule has 1 nitrogen and oxygen atoms in total. The monoisotopic (exact) mass is 264 g/mol. The molecule has 0 amide bonds. The minimum Gasteiger partial charge on any atom is -0.302 e. The van der Waals surface area contributed by atoms with Crippen LogP contribution in [-0.2, 0) is 11.2 Å². The van der Waals surface area contributed by atoms with Crippen molar-refractivity contribution in [2.45, 2.75) is 11.8 Å². The maximum absolute atomic E-state index is 12.8. The van der Waals surface area contributed by atoms with Crippen LogP contribution >= 0.6 is 27.5 Å². The fraction of sp³-hybridized carbons (Fsp3) is 0.222. The molecule has 0 radical (unpaired) electrons. The molecule has 1 atom stereocenters. The van der Waals surface area contributed by atoms with Crippen molar-refractivity contribution >= 4 is 33.8 Å². The summed E-state index contributed by atoms with van der Waals surface area (Å²) in [5, 5.41) is -0.544. The van der Waals surface area contributed by atoms with E-state index in [-0.39, 0.29) is 5.82 Å². The van der Waals surface area contributed by atoms with Gasteiger partial charge in [0.25, 0.3) is 0 Å². The third-order valence-electron chi connectivity index (χ3n) is 1.56. The first-order chi connectivity index (χ1) is 6.13. The first-order valence-electron chi connectivity index (χ1n) is 3.67. The van der Waals surface area contributed by atoms with Gasteiger partial charge in [0.1, 0.15) is 12.1 Å². The number of benzene rings is 1. The lowest BCUT2D eigenvalue weighted by Gasteiger charge is -2.03. The number of carbonyl (C=O) groups excluding carboxylic acids is 1. The van der Waals surface area contributed by atoms with Gasteiger partial charge in [-0.05, 0) is 40.0 Å². The van der Waals surface area contributed by atoms with Gasteiger partial charge in [-0.25, -0.2) is 4.39 Å². The number of rotatable bonds is 3. The average molecular weight is 266 g/mol. The number of aldehydes is 1. The van der Waals surface area contributed by atoms with Crippen LogP contribution in [0.15, 0.2) is 22.7 Å². The summed E-state index contributed by atoms with van der Waals surface area (Å²) in [6.07, 6.45) is 1.09. The van der Waals surface area contributed by atoms with Crippen LogP contribution in [0, 0.1) is 5.82 Å². The molecule has 0 fully saturated rings. The van der Waals surface area contributed by atoms with E-state index in [9.17, 15) is 9.18 Å². The Labute approximate surface area is 89.0 Å². The molecule has 70 valence electrons. The molecule has 1 aromatic rings. The Hall–Kier alpha value is -0.410. The van der Waals surface area contributed by atoms with Crippen LogP contribution in [0.5, 0.6) is 0 Å². The minimum absolute atomic E-state index is 0.319. The van der Waals surface area contributed by atoms with Crippen molar-refractivity contribution in [1.82, 2.24) is 0 Å². The van der Waals surface area contributed by atoms with Crippen molar-refractivity contribution in [1.29, 1.82) is 0 Å². The van der Waals surface area contributed by atoms with Gasteiger partial charge in [0.2, 0.25) is 0 Å². The number of carbonyl (C=O) groups is 1. The fourth-order valence-electron chi connectivity index (χ4n) is 0.940. The summed E-state index contributed by atoms with van der Waals surface area (Å²) < 4.78 is 13.2. The Morgan fingerprint density at radius 1 is 1.62 bits per heavy atom. The average Bonchev–Trinajstić information content (AvgIpc) is 2.11. The summed E-state index contributed by atoms with van der Waals surface area (Å²) in [6, 6.07) is 4.57. The first kappa shape index (κ1) is 10.7. The molecule has 1 rings (SSSR count). The molecule has 13 heavy (non-hydrogen) atoms. The van der Waals surface area contributed by atoms with E-state index in [1.54, 1.807) is 12.1 Å². The molecule has 0 aliphatic rings. The molecular weight excluding hydrogens is 258 g/mol. The lowest BCUT2D eigenvalue weighted by atomic mass is 10.1. The van der Waals surface area contributed by atoms with E-state index in [0.29, 0.717) is 17.2 Å². The lowest BCUT2D eigenvalue weighted by molar-refractivity contribution is -0.107. The van der Waals surface area contributed by atoms with Gasteiger partial charge in [0, 0.05) is 0 Å². The number of halogens is 3. The minimum atomic E-state index is -0.544. The predicted molar refractivity (Wildman–Crippen MR) is 53.5 cm³/mol. The summed E-state index contributed by atoms with van der Waals surface area (Å²) in [5.74, 6) is -0.319. The molecule has 0 heterocycles. The van der Waals surface area contributed by atoms with Crippen molar-refractivity contribution in [3.63, 3.8) is 0 Å². The molecule has 0 aliphatic heterocycles. The zero-order valence-electron chi connectivity index (χ0n) is 6.64. The molecule has 0 spiro atoms. The van der Waals surface area contributed by atoms with Crippen LogP contribution in [0.3, 0.4) is 0 Å². The summed E-state index contributed by atoms with van der Waals surface area (Å²) in [4.78, 5) is 10.2. The molecule has 0 saturated carbocycles. The van der Waals surface area contributed by atoms with Crippen LogP contribution in [-0.4, -0.2) is 11.7 Å². The van der Waals surface area contributed by atoms with Gasteiger partial charge in [-0.1, -0.05) is 6.07 Å². The van der Waals surface area contributed by atoms with Crippen LogP contribution in [0.2, 0.25) is 0 Å². The standard InChI is InChI=1S/C9H7BrClFO/c10-8-4-6(1-2-9(8)12)3-7(11)5-13/h1-2,4-5,7H,3H2. The van der Waals surface area contributed by atoms with Crippen LogP contribution in [0.1, 0.15) is 5.56 Å². The molecule has 1 unspecified atom stereocenters. The number of hydrogen-bond donors (Lipinski definition) is 0. The summed E-state index contributed by atoms with van der Waals surface area (Å²) in [5.41, 5.74) is 0.834. The topological polar surface area (TPSA) is 17.1 Å². The maximum atomic E-state index is 12.8. The summed E-state index contributed by atoms with van der Waals surface area (Å²) in [7, 11) is 0. The van der Waals surface area contributed by atoms with Gasteiger partial charge in [-0.3, -0.25) is 0 Å². The number of alkyl halides is 1. The highest BCUT2D eigenvalue weighted by atomic mass is 79.9. The smallest absolute Gasteiger partial charge is 0.138 e. The maximum Gasteiger partial charge on any atom is 0.138 e. The Bertz CT molecular complexity index is 316. The van der Waals surface area contributed by atoms with Gasteiger partial charge in [-0.2, -0.15) is 0 Å². The normalized spacial score (nSPS) is 12.5. The molecule has 4 heteroatoms. The Morgan fingerprint density at radius 2 is 2.31 bits per heavy atom. The Kier molecular flexibility index (Phi) is 3.88. The highest BCUT2D eigenvalue weighted by Gasteiger charge is 2.05. The zero-order chi connectivity index (χ0) is 9.84. The lowest BCUT2D eigenvalue weighted by Crippen LogP contribution is -2.04. The second kappa shape index (κ2) is 4.72. The zero-order valence-corrected chi connectivity index (χ0v) is 8.98. The highest BCUT2D eigenvalue weighted by molar-refractivity contribution is 9.10. The van der Waals surface area contributed by atoms with Crippen LogP contribution in [0.4, 0.5) is 4.39 Å². The number of hydrogen-bond acceptors (Lipinski definition) is 1. The first-order valence-corrected chi connectivity index (χ1v) is 4.89. The predicted octanol–water partition coefficient (Wildman–Crippen LogP) is 2.94. The van der Waals surface area contributed by atoms with Gasteiger partial charge >= 0.3 is 0 Å². The second-order valence-corrected chi connectivity index (χ2v) is 4.02. The van der Waals surface area contributed by atoms with Gasteiger partial charge in [0.05, 0.1) is 9.85 Å². The Morgan fingerprint density at radius 3 is 2.85 bits per heavy atom. The van der Waals surface area contributed by atoms with E-state index < -0.39 is 5.38 Å². The second-order valence-electron chi connectivity index (χ2n) is 2.60. The molecule has 0 bridgehead atoms. The van der Waals surface area contributed by atoms with E-state index in [1.165, 1.54) is 6.07 Å². The van der Waals surface area contributed by atoms with Gasteiger partial charge in [-0.15, -0.1) is 11.6 Å². The molecule has 0 aromatic heterocycles. The van der Waals surface area contributed by atoms with Crippen LogP contribution < -0.4 is 0 Å². The SMILES string of the molecule is O=CC(Cl)Cc1ccc(F)c(Br)c1. The quantitative estimate of drug-likeness (QED) is 0.607. The van der Waals surface area contributed by atoms with Gasteiger partial charge < -0.3 is 4.79 Å². The molecule has 1 aromatic carbocycles. The van der Waals surface area contributed by atoms with Crippen LogP contribution in [0.25, 0.3) is 0 Å². The van der Waals surface area contributed by atoms with Crippen molar-refractivity contribution in [3.05, 3.63) is 34.1 Å². The molecule has 0 saturated heterocycles. The van der Waals surface area contributed by atoms with Gasteiger partial charge in [0.15, 0.2) is 0 Å². The molecule has 0 aliphatic carbocycles. The van der Waals surface area contributed by atoms with E-state index in [4.69, 9.17) is 11.6 Å². The van der Waals surface area contributed by atoms with E-state index in [1.807, 2.05) is 0 Å². The van der Waals surface area contributed by atoms with E-state index >= 15 is 0 Å². The summed E-state index contributed by atoms with van der Waals surface area (Å²) >= 11 is 8.67. The molecule has 0 N–H and O–H groups in total. The fourth-order valence-corrected chi connectivity index (χ4v) is 1.54. The van der Waals surface area contributed by atoms with Crippen molar-refractivity contribution in [3.8, 4) is 0 Å². The highest BCUT2D eigenvalue weighted by Crippen LogP contribution is 2.18. The van der Waals surface area contributed by atoms with E-state index in [0.717, 1.165) is 5.56 Å². The van der Waals surface area contributed by atoms with E-state index in [2.05, 4.69) is 15.9 Å². The largest absolute Gasteiger partial charge is 0.302 e. The Balaban J connectivity index is 2.79. The van der Waals surface area contributed by atoms with Crippen molar-refractivity contribution in [2.75, 3.05) is 0 Å². The third-order valence-corrected chi connectivity index (χ3v) is 2.43. The summed E-state index contributed by atoms with van der Waals surface area (Å²) in [6.45, 7) is 0. The van der Waals surface area contributed by atoms with Crippen molar-refractivity contribution < 1.29 is 9.18 Å². The molecular formula is C9H7BrClFO. The van der Waals surface area contributed by atoms with Crippen molar-refractivity contribution in [2.24, 2.45) is 0 Å². The third kappa shape index (κ3) is 3.08.